The first-order valence-corrected chi connectivity index (χ1v) is 15.9. The molecule has 7 heteroatoms. The maximum atomic E-state index is 5.31. The van der Waals surface area contributed by atoms with Crippen molar-refractivity contribution in [3.8, 4) is 28.6 Å². The first kappa shape index (κ1) is 25.3. The van der Waals surface area contributed by atoms with Gasteiger partial charge in [0.2, 0.25) is 5.95 Å². The zero-order valence-electron chi connectivity index (χ0n) is 24.3. The third kappa shape index (κ3) is 3.60. The maximum absolute atomic E-state index is 5.31. The van der Waals surface area contributed by atoms with Gasteiger partial charge < -0.3 is 0 Å². The molecule has 4 aromatic carbocycles. The molecule has 6 heterocycles. The molecule has 0 unspecified atom stereocenters. The summed E-state index contributed by atoms with van der Waals surface area (Å²) in [6.45, 7) is 0. The van der Waals surface area contributed by atoms with Crippen LogP contribution in [0.3, 0.4) is 0 Å². The van der Waals surface area contributed by atoms with Crippen molar-refractivity contribution in [1.82, 2.24) is 29.5 Å². The Hall–Kier alpha value is -6.05. The molecule has 10 aromatic rings. The van der Waals surface area contributed by atoms with Gasteiger partial charge >= 0.3 is 0 Å². The van der Waals surface area contributed by atoms with E-state index in [9.17, 15) is 0 Å². The van der Waals surface area contributed by atoms with Crippen LogP contribution in [-0.4, -0.2) is 29.5 Å². The van der Waals surface area contributed by atoms with Gasteiger partial charge in [0.15, 0.2) is 0 Å². The number of aromatic nitrogens is 6. The molecule has 0 bridgehead atoms. The molecule has 0 spiro atoms. The van der Waals surface area contributed by atoms with Gasteiger partial charge in [-0.3, -0.25) is 19.5 Å². The summed E-state index contributed by atoms with van der Waals surface area (Å²) < 4.78 is 4.65. The minimum absolute atomic E-state index is 0.589. The predicted molar refractivity (Wildman–Crippen MR) is 189 cm³/mol. The Kier molecular flexibility index (Phi) is 5.35. The van der Waals surface area contributed by atoms with Crippen LogP contribution in [0.1, 0.15) is 0 Å². The van der Waals surface area contributed by atoms with Crippen LogP contribution in [0.2, 0.25) is 0 Å². The molecule has 0 aliphatic carbocycles. The molecular weight excluding hydrogens is 585 g/mol. The fraction of sp³-hybridized carbons (Fsp3) is 0. The minimum atomic E-state index is 0.589. The van der Waals surface area contributed by atoms with Gasteiger partial charge in [0, 0.05) is 50.4 Å². The summed E-state index contributed by atoms with van der Waals surface area (Å²) in [6.07, 6.45) is 5.53. The SMILES string of the molecule is c1ccc(-c2ccc(-c3nc(-n4c5cccnc5c5c6ccccc6c6c7ccccc7sc6c54)nc4ccccc34)nc2)nc1. The molecule has 0 saturated carbocycles. The number of hydrogen-bond donors (Lipinski definition) is 0. The first-order valence-electron chi connectivity index (χ1n) is 15.1. The van der Waals surface area contributed by atoms with Crippen LogP contribution in [0.5, 0.6) is 0 Å². The summed E-state index contributed by atoms with van der Waals surface area (Å²) >= 11 is 1.81. The molecule has 6 aromatic heterocycles. The van der Waals surface area contributed by atoms with Crippen LogP contribution in [-0.2, 0) is 0 Å². The third-order valence-corrected chi connectivity index (χ3v) is 9.94. The highest BCUT2D eigenvalue weighted by molar-refractivity contribution is 7.27. The number of nitrogens with zero attached hydrogens (tertiary/aromatic N) is 6. The highest BCUT2D eigenvalue weighted by atomic mass is 32.1. The fourth-order valence-corrected chi connectivity index (χ4v) is 8.03. The average molecular weight is 607 g/mol. The number of pyridine rings is 3. The highest BCUT2D eigenvalue weighted by Gasteiger charge is 2.24. The topological polar surface area (TPSA) is 69.4 Å². The minimum Gasteiger partial charge on any atom is -0.275 e. The second-order valence-corrected chi connectivity index (χ2v) is 12.4. The third-order valence-electron chi connectivity index (χ3n) is 8.76. The van der Waals surface area contributed by atoms with Gasteiger partial charge in [0.1, 0.15) is 5.69 Å². The van der Waals surface area contributed by atoms with Gasteiger partial charge in [0.25, 0.3) is 0 Å². The Labute approximate surface area is 266 Å². The quantitative estimate of drug-likeness (QED) is 0.200. The van der Waals surface area contributed by atoms with Crippen LogP contribution in [0.4, 0.5) is 0 Å². The number of hydrogen-bond acceptors (Lipinski definition) is 6. The number of thiophene rings is 1. The van der Waals surface area contributed by atoms with Gasteiger partial charge in [-0.15, -0.1) is 11.3 Å². The summed E-state index contributed by atoms with van der Waals surface area (Å²) in [5.74, 6) is 0.589. The normalized spacial score (nSPS) is 11.9. The highest BCUT2D eigenvalue weighted by Crippen LogP contribution is 2.47. The van der Waals surface area contributed by atoms with Gasteiger partial charge in [0.05, 0.1) is 38.2 Å². The van der Waals surface area contributed by atoms with Crippen LogP contribution in [0.15, 0.2) is 134 Å². The van der Waals surface area contributed by atoms with Crippen molar-refractivity contribution in [2.24, 2.45) is 0 Å². The molecule has 0 radical (unpaired) electrons. The van der Waals surface area contributed by atoms with Gasteiger partial charge in [-0.2, -0.15) is 0 Å². The lowest BCUT2D eigenvalue weighted by molar-refractivity contribution is 1.01. The van der Waals surface area contributed by atoms with Crippen molar-refractivity contribution in [2.45, 2.75) is 0 Å². The van der Waals surface area contributed by atoms with Gasteiger partial charge in [-0.1, -0.05) is 66.7 Å². The van der Waals surface area contributed by atoms with Crippen molar-refractivity contribution in [2.75, 3.05) is 0 Å². The van der Waals surface area contributed by atoms with E-state index in [-0.39, 0.29) is 0 Å². The lowest BCUT2D eigenvalue weighted by Crippen LogP contribution is -2.04. The predicted octanol–water partition coefficient (Wildman–Crippen LogP) is 9.77. The number of para-hydroxylation sites is 1. The van der Waals surface area contributed by atoms with E-state index >= 15 is 0 Å². The molecule has 46 heavy (non-hydrogen) atoms. The van der Waals surface area contributed by atoms with Crippen molar-refractivity contribution >= 4 is 75.1 Å². The van der Waals surface area contributed by atoms with Crippen LogP contribution in [0, 0.1) is 0 Å². The second kappa shape index (κ2) is 9.72. The summed E-state index contributed by atoms with van der Waals surface area (Å²) in [6, 6.07) is 39.6. The fourth-order valence-electron chi connectivity index (χ4n) is 6.77. The Bertz CT molecular complexity index is 2800. The number of benzene rings is 4. The molecule has 0 saturated heterocycles. The van der Waals surface area contributed by atoms with E-state index < -0.39 is 0 Å². The molecule has 0 fully saturated rings. The molecule has 0 aliphatic heterocycles. The van der Waals surface area contributed by atoms with E-state index in [1.807, 2.05) is 72.3 Å². The van der Waals surface area contributed by atoms with E-state index in [1.165, 1.54) is 30.9 Å². The number of rotatable bonds is 3. The Morgan fingerprint density at radius 2 is 1.30 bits per heavy atom. The Morgan fingerprint density at radius 3 is 2.13 bits per heavy atom. The van der Waals surface area contributed by atoms with Crippen molar-refractivity contribution in [3.05, 3.63) is 134 Å². The molecule has 214 valence electrons. The Balaban J connectivity index is 1.33. The lowest BCUT2D eigenvalue weighted by Gasteiger charge is -2.12. The lowest BCUT2D eigenvalue weighted by atomic mass is 10.00. The zero-order valence-corrected chi connectivity index (χ0v) is 25.1. The summed E-state index contributed by atoms with van der Waals surface area (Å²) in [5, 5.41) is 6.96. The van der Waals surface area contributed by atoms with E-state index in [0.29, 0.717) is 5.95 Å². The van der Waals surface area contributed by atoms with Crippen LogP contribution >= 0.6 is 11.3 Å². The van der Waals surface area contributed by atoms with E-state index in [0.717, 1.165) is 55.5 Å². The summed E-state index contributed by atoms with van der Waals surface area (Å²) in [7, 11) is 0. The number of fused-ring (bicyclic) bond motifs is 11. The van der Waals surface area contributed by atoms with Crippen molar-refractivity contribution in [3.63, 3.8) is 0 Å². The largest absolute Gasteiger partial charge is 0.275 e. The van der Waals surface area contributed by atoms with Crippen molar-refractivity contribution in [1.29, 1.82) is 0 Å². The van der Waals surface area contributed by atoms with E-state index in [1.54, 1.807) is 6.20 Å². The monoisotopic (exact) mass is 606 g/mol. The zero-order chi connectivity index (χ0) is 30.2. The van der Waals surface area contributed by atoms with Crippen molar-refractivity contribution < 1.29 is 0 Å². The van der Waals surface area contributed by atoms with E-state index in [4.69, 9.17) is 19.9 Å². The van der Waals surface area contributed by atoms with Crippen LogP contribution < -0.4 is 0 Å². The average Bonchev–Trinajstić information content (AvgIpc) is 3.69. The second-order valence-electron chi connectivity index (χ2n) is 11.3. The molecule has 0 N–H and O–H groups in total. The van der Waals surface area contributed by atoms with Crippen LogP contribution in [0.25, 0.3) is 92.4 Å². The van der Waals surface area contributed by atoms with E-state index in [2.05, 4.69) is 76.3 Å². The van der Waals surface area contributed by atoms with Gasteiger partial charge in [-0.05, 0) is 59.3 Å². The molecule has 10 rings (SSSR count). The molecular formula is C39H22N6S. The standard InChI is InChI=1S/C39H22N6S/c1-2-11-25-24(10-1)33-27-13-4-6-17-32(27)46-38(33)37-34(25)36-31(16-9-21-41-36)45(37)39-43-29-15-5-3-12-26(29)35(44-39)30-19-18-23(22-42-30)28-14-7-8-20-40-28/h1-22H. The molecule has 0 aliphatic rings. The molecule has 0 atom stereocenters. The first-order chi connectivity index (χ1) is 22.8. The molecule has 0 amide bonds. The Morgan fingerprint density at radius 1 is 0.543 bits per heavy atom. The maximum Gasteiger partial charge on any atom is 0.235 e. The summed E-state index contributed by atoms with van der Waals surface area (Å²) in [5.41, 5.74) is 7.21. The summed E-state index contributed by atoms with van der Waals surface area (Å²) in [4.78, 5) is 24.9. The van der Waals surface area contributed by atoms with Gasteiger partial charge in [-0.25, -0.2) is 9.97 Å². The molecule has 6 nitrogen and oxygen atoms in total. The smallest absolute Gasteiger partial charge is 0.235 e.